The van der Waals surface area contributed by atoms with Crippen molar-refractivity contribution in [2.24, 2.45) is 5.16 Å². The minimum Gasteiger partial charge on any atom is -0.454 e. The SMILES string of the molecule is Clc1ccc2ncnc(O/N=C/c3ccc4c(c3)OCO4)c2c1. The predicted molar refractivity (Wildman–Crippen MR) is 85.3 cm³/mol. The second kappa shape index (κ2) is 5.73. The van der Waals surface area contributed by atoms with Gasteiger partial charge in [0.25, 0.3) is 5.88 Å². The smallest absolute Gasteiger partial charge is 0.259 e. The third kappa shape index (κ3) is 2.76. The van der Waals surface area contributed by atoms with Gasteiger partial charge in [-0.3, -0.25) is 0 Å². The molecular formula is C16H10ClN3O3. The summed E-state index contributed by atoms with van der Waals surface area (Å²) in [6, 6.07) is 10.8. The van der Waals surface area contributed by atoms with Crippen molar-refractivity contribution in [1.29, 1.82) is 0 Å². The first-order chi connectivity index (χ1) is 11.3. The highest BCUT2D eigenvalue weighted by atomic mass is 35.5. The fraction of sp³-hybridized carbons (Fsp3) is 0.0625. The lowest BCUT2D eigenvalue weighted by Crippen LogP contribution is -1.93. The zero-order valence-electron chi connectivity index (χ0n) is 11.8. The Kier molecular flexibility index (Phi) is 3.44. The van der Waals surface area contributed by atoms with Crippen molar-refractivity contribution in [2.75, 3.05) is 6.79 Å². The molecule has 1 aromatic heterocycles. The van der Waals surface area contributed by atoms with Crippen LogP contribution in [0, 0.1) is 0 Å². The van der Waals surface area contributed by atoms with E-state index in [2.05, 4.69) is 15.1 Å². The lowest BCUT2D eigenvalue weighted by atomic mass is 10.2. The number of fused-ring (bicyclic) bond motifs is 2. The molecule has 4 rings (SSSR count). The first kappa shape index (κ1) is 13.8. The Morgan fingerprint density at radius 2 is 2.00 bits per heavy atom. The molecule has 1 aliphatic heterocycles. The van der Waals surface area contributed by atoms with Crippen molar-refractivity contribution in [3.63, 3.8) is 0 Å². The van der Waals surface area contributed by atoms with Crippen molar-refractivity contribution in [1.82, 2.24) is 9.97 Å². The van der Waals surface area contributed by atoms with E-state index in [9.17, 15) is 0 Å². The highest BCUT2D eigenvalue weighted by Crippen LogP contribution is 2.32. The van der Waals surface area contributed by atoms with Gasteiger partial charge in [-0.05, 0) is 36.4 Å². The number of halogens is 1. The average Bonchev–Trinajstić information content (AvgIpc) is 3.03. The van der Waals surface area contributed by atoms with Gasteiger partial charge < -0.3 is 14.3 Å². The van der Waals surface area contributed by atoms with E-state index in [0.717, 1.165) is 16.8 Å². The van der Waals surface area contributed by atoms with Crippen LogP contribution >= 0.6 is 11.6 Å². The molecule has 0 spiro atoms. The summed E-state index contributed by atoms with van der Waals surface area (Å²) in [7, 11) is 0. The van der Waals surface area contributed by atoms with Crippen molar-refractivity contribution in [3.8, 4) is 17.4 Å². The molecule has 0 radical (unpaired) electrons. The van der Waals surface area contributed by atoms with Crippen molar-refractivity contribution < 1.29 is 14.3 Å². The van der Waals surface area contributed by atoms with E-state index in [1.54, 1.807) is 24.4 Å². The number of aromatic nitrogens is 2. The van der Waals surface area contributed by atoms with Crippen LogP contribution in [0.4, 0.5) is 0 Å². The molecule has 0 fully saturated rings. The molecule has 2 aromatic carbocycles. The maximum atomic E-state index is 6.00. The van der Waals surface area contributed by atoms with Gasteiger partial charge in [0.1, 0.15) is 6.33 Å². The molecule has 0 unspecified atom stereocenters. The summed E-state index contributed by atoms with van der Waals surface area (Å²) in [5, 5.41) is 5.24. The molecule has 1 aliphatic rings. The molecule has 6 nitrogen and oxygen atoms in total. The van der Waals surface area contributed by atoms with Gasteiger partial charge in [-0.25, -0.2) is 4.98 Å². The molecule has 2 heterocycles. The van der Waals surface area contributed by atoms with Gasteiger partial charge in [-0.2, -0.15) is 4.98 Å². The number of hydrogen-bond donors (Lipinski definition) is 0. The van der Waals surface area contributed by atoms with Crippen LogP contribution in [-0.2, 0) is 0 Å². The number of ether oxygens (including phenoxy) is 2. The summed E-state index contributed by atoms with van der Waals surface area (Å²) in [5.74, 6) is 1.75. The second-order valence-electron chi connectivity index (χ2n) is 4.78. The van der Waals surface area contributed by atoms with Crippen LogP contribution in [0.3, 0.4) is 0 Å². The van der Waals surface area contributed by atoms with Gasteiger partial charge in [0.15, 0.2) is 11.5 Å². The maximum absolute atomic E-state index is 6.00. The minimum atomic E-state index is 0.236. The van der Waals surface area contributed by atoms with Gasteiger partial charge in [0.05, 0.1) is 17.1 Å². The normalized spacial score (nSPS) is 12.9. The number of hydrogen-bond acceptors (Lipinski definition) is 6. The molecule has 23 heavy (non-hydrogen) atoms. The van der Waals surface area contributed by atoms with E-state index in [1.807, 2.05) is 18.2 Å². The fourth-order valence-corrected chi connectivity index (χ4v) is 2.38. The Balaban J connectivity index is 1.58. The first-order valence-electron chi connectivity index (χ1n) is 6.80. The van der Waals surface area contributed by atoms with Crippen LogP contribution in [-0.4, -0.2) is 23.0 Å². The highest BCUT2D eigenvalue weighted by molar-refractivity contribution is 6.31. The van der Waals surface area contributed by atoms with E-state index in [4.69, 9.17) is 25.9 Å². The zero-order valence-corrected chi connectivity index (χ0v) is 12.5. The Morgan fingerprint density at radius 3 is 2.96 bits per heavy atom. The number of rotatable bonds is 3. The molecule has 0 saturated heterocycles. The quantitative estimate of drug-likeness (QED) is 0.544. The Bertz CT molecular complexity index is 914. The van der Waals surface area contributed by atoms with Gasteiger partial charge in [0, 0.05) is 10.6 Å². The lowest BCUT2D eigenvalue weighted by molar-refractivity contribution is 0.174. The molecular weight excluding hydrogens is 318 g/mol. The molecule has 0 atom stereocenters. The summed E-state index contributed by atoms with van der Waals surface area (Å²) in [4.78, 5) is 13.6. The number of nitrogens with zero attached hydrogens (tertiary/aromatic N) is 3. The largest absolute Gasteiger partial charge is 0.454 e. The monoisotopic (exact) mass is 327 g/mol. The Hall–Kier alpha value is -2.86. The second-order valence-corrected chi connectivity index (χ2v) is 5.22. The van der Waals surface area contributed by atoms with E-state index in [-0.39, 0.29) is 6.79 Å². The van der Waals surface area contributed by atoms with Crippen LogP contribution in [0.25, 0.3) is 10.9 Å². The Morgan fingerprint density at radius 1 is 1.09 bits per heavy atom. The van der Waals surface area contributed by atoms with Gasteiger partial charge in [0.2, 0.25) is 6.79 Å². The summed E-state index contributed by atoms with van der Waals surface area (Å²) in [6.07, 6.45) is 2.99. The van der Waals surface area contributed by atoms with Crippen LogP contribution < -0.4 is 14.3 Å². The van der Waals surface area contributed by atoms with Crippen LogP contribution in [0.1, 0.15) is 5.56 Å². The van der Waals surface area contributed by atoms with Gasteiger partial charge in [-0.1, -0.05) is 16.8 Å². The molecule has 7 heteroatoms. The van der Waals surface area contributed by atoms with E-state index in [1.165, 1.54) is 6.33 Å². The predicted octanol–water partition coefficient (Wildman–Crippen LogP) is 3.42. The standard InChI is InChI=1S/C16H10ClN3O3/c17-11-2-3-13-12(6-11)16(19-8-18-13)23-20-7-10-1-4-14-15(5-10)22-9-21-14/h1-8H,9H2/b20-7+. The fourth-order valence-electron chi connectivity index (χ4n) is 2.21. The van der Waals surface area contributed by atoms with E-state index in [0.29, 0.717) is 22.0 Å². The average molecular weight is 328 g/mol. The minimum absolute atomic E-state index is 0.236. The van der Waals surface area contributed by atoms with Gasteiger partial charge >= 0.3 is 0 Å². The third-order valence-electron chi connectivity index (χ3n) is 3.30. The Labute approximate surface area is 136 Å². The summed E-state index contributed by atoms with van der Waals surface area (Å²) < 4.78 is 10.6. The maximum Gasteiger partial charge on any atom is 0.259 e. The van der Waals surface area contributed by atoms with Crippen LogP contribution in [0.15, 0.2) is 47.9 Å². The summed E-state index contributed by atoms with van der Waals surface area (Å²) in [6.45, 7) is 0.236. The summed E-state index contributed by atoms with van der Waals surface area (Å²) >= 11 is 6.00. The van der Waals surface area contributed by atoms with E-state index < -0.39 is 0 Å². The topological polar surface area (TPSA) is 65.8 Å². The highest BCUT2D eigenvalue weighted by Gasteiger charge is 2.12. The molecule has 0 aliphatic carbocycles. The van der Waals surface area contributed by atoms with E-state index >= 15 is 0 Å². The van der Waals surface area contributed by atoms with Crippen LogP contribution in [0.5, 0.6) is 17.4 Å². The molecule has 0 N–H and O–H groups in total. The molecule has 3 aromatic rings. The molecule has 0 amide bonds. The zero-order chi connectivity index (χ0) is 15.6. The van der Waals surface area contributed by atoms with Crippen LogP contribution in [0.2, 0.25) is 5.02 Å². The van der Waals surface area contributed by atoms with Crippen molar-refractivity contribution in [3.05, 3.63) is 53.3 Å². The first-order valence-corrected chi connectivity index (χ1v) is 7.18. The van der Waals surface area contributed by atoms with Gasteiger partial charge in [-0.15, -0.1) is 0 Å². The third-order valence-corrected chi connectivity index (χ3v) is 3.53. The molecule has 0 bridgehead atoms. The van der Waals surface area contributed by atoms with Crippen molar-refractivity contribution >= 4 is 28.7 Å². The van der Waals surface area contributed by atoms with Crippen molar-refractivity contribution in [2.45, 2.75) is 0 Å². The number of benzene rings is 2. The summed E-state index contributed by atoms with van der Waals surface area (Å²) in [5.41, 5.74) is 1.56. The molecule has 0 saturated carbocycles. The lowest BCUT2D eigenvalue weighted by Gasteiger charge is -2.02. The molecule has 114 valence electrons. The number of oxime groups is 1.